The molecular formula is C21H21Cl2NO7. The Morgan fingerprint density at radius 3 is 2.42 bits per heavy atom. The average molecular weight is 470 g/mol. The van der Waals surface area contributed by atoms with Crippen molar-refractivity contribution >= 4 is 35.1 Å². The molecule has 1 heterocycles. The van der Waals surface area contributed by atoms with Crippen molar-refractivity contribution in [2.45, 2.75) is 31.3 Å². The number of aliphatic hydroxyl groups is 1. The second kappa shape index (κ2) is 10.8. The molecule has 0 bridgehead atoms. The van der Waals surface area contributed by atoms with Crippen LogP contribution in [0, 0.1) is 0 Å². The van der Waals surface area contributed by atoms with Gasteiger partial charge in [0.25, 0.3) is 5.91 Å². The molecule has 2 aromatic rings. The van der Waals surface area contributed by atoms with Crippen LogP contribution in [0.3, 0.4) is 0 Å². The molecule has 1 aliphatic heterocycles. The van der Waals surface area contributed by atoms with Gasteiger partial charge in [-0.3, -0.25) is 4.79 Å². The van der Waals surface area contributed by atoms with E-state index in [-0.39, 0.29) is 19.8 Å². The molecule has 0 spiro atoms. The van der Waals surface area contributed by atoms with Crippen LogP contribution in [0.4, 0.5) is 0 Å². The van der Waals surface area contributed by atoms with E-state index in [1.54, 1.807) is 42.5 Å². The van der Waals surface area contributed by atoms with Gasteiger partial charge in [-0.2, -0.15) is 0 Å². The maximum absolute atomic E-state index is 12.3. The van der Waals surface area contributed by atoms with Crippen molar-refractivity contribution in [3.8, 4) is 5.75 Å². The standard InChI is InChI=1S/C21H21Cl2NO7/c22-15-2-1-3-16(23)14(15)10-29-13-6-4-12(5-7-13)8-17(21(27)28)24-20(26)19-18(9-25)30-11-31-19/h1-7,17-19,25H,8-11H2,(H,24,26)(H,27,28). The molecule has 1 fully saturated rings. The molecule has 10 heteroatoms. The molecule has 2 aromatic carbocycles. The number of ether oxygens (including phenoxy) is 3. The van der Waals surface area contributed by atoms with Gasteiger partial charge in [-0.15, -0.1) is 0 Å². The Morgan fingerprint density at radius 1 is 1.13 bits per heavy atom. The van der Waals surface area contributed by atoms with Crippen LogP contribution in [-0.4, -0.2) is 53.7 Å². The average Bonchev–Trinajstić information content (AvgIpc) is 3.23. The van der Waals surface area contributed by atoms with Gasteiger partial charge in [0.15, 0.2) is 6.10 Å². The minimum Gasteiger partial charge on any atom is -0.489 e. The number of rotatable bonds is 9. The fraction of sp³-hybridized carbons (Fsp3) is 0.333. The molecule has 1 aliphatic rings. The van der Waals surface area contributed by atoms with Crippen LogP contribution in [0.1, 0.15) is 11.1 Å². The van der Waals surface area contributed by atoms with Gasteiger partial charge >= 0.3 is 5.97 Å². The Hall–Kier alpha value is -2.36. The third kappa shape index (κ3) is 6.09. The first-order valence-corrected chi connectivity index (χ1v) is 10.2. The van der Waals surface area contributed by atoms with Gasteiger partial charge in [0.05, 0.1) is 6.61 Å². The zero-order chi connectivity index (χ0) is 22.4. The number of carbonyl (C=O) groups is 2. The number of hydrogen-bond donors (Lipinski definition) is 3. The second-order valence-corrected chi connectivity index (χ2v) is 7.64. The van der Waals surface area contributed by atoms with Crippen molar-refractivity contribution in [2.75, 3.05) is 13.4 Å². The first-order chi connectivity index (χ1) is 14.9. The Balaban J connectivity index is 1.59. The molecule has 0 saturated carbocycles. The van der Waals surface area contributed by atoms with Gasteiger partial charge in [0.1, 0.15) is 31.3 Å². The topological polar surface area (TPSA) is 114 Å². The van der Waals surface area contributed by atoms with Crippen molar-refractivity contribution in [2.24, 2.45) is 0 Å². The van der Waals surface area contributed by atoms with E-state index in [1.807, 2.05) is 0 Å². The molecule has 3 N–H and O–H groups in total. The van der Waals surface area contributed by atoms with E-state index < -0.39 is 36.7 Å². The summed E-state index contributed by atoms with van der Waals surface area (Å²) in [4.78, 5) is 23.9. The Kier molecular flexibility index (Phi) is 8.11. The molecule has 1 saturated heterocycles. The molecule has 0 aromatic heterocycles. The Bertz CT molecular complexity index is 902. The summed E-state index contributed by atoms with van der Waals surface area (Å²) in [5.74, 6) is -1.29. The van der Waals surface area contributed by atoms with Crippen LogP contribution in [0.15, 0.2) is 42.5 Å². The summed E-state index contributed by atoms with van der Waals surface area (Å²) in [7, 11) is 0. The minimum atomic E-state index is -1.19. The maximum atomic E-state index is 12.3. The molecule has 3 rings (SSSR count). The van der Waals surface area contributed by atoms with Gasteiger partial charge in [0.2, 0.25) is 0 Å². The van der Waals surface area contributed by atoms with Gasteiger partial charge in [0, 0.05) is 22.0 Å². The van der Waals surface area contributed by atoms with E-state index in [0.29, 0.717) is 26.9 Å². The third-order valence-corrected chi connectivity index (χ3v) is 5.44. The number of benzene rings is 2. The number of hydrogen-bond acceptors (Lipinski definition) is 6. The first-order valence-electron chi connectivity index (χ1n) is 9.41. The molecule has 31 heavy (non-hydrogen) atoms. The number of halogens is 2. The van der Waals surface area contributed by atoms with Crippen molar-refractivity contribution in [1.29, 1.82) is 0 Å². The van der Waals surface area contributed by atoms with E-state index >= 15 is 0 Å². The lowest BCUT2D eigenvalue weighted by atomic mass is 10.0. The second-order valence-electron chi connectivity index (χ2n) is 6.83. The SMILES string of the molecule is O=C(O)C(Cc1ccc(OCc2c(Cl)cccc2Cl)cc1)NC(=O)C1OCOC1CO. The predicted octanol–water partition coefficient (Wildman–Crippen LogP) is 2.42. The summed E-state index contributed by atoms with van der Waals surface area (Å²) in [5, 5.41) is 22.1. The van der Waals surface area contributed by atoms with Crippen LogP contribution in [0.2, 0.25) is 10.0 Å². The van der Waals surface area contributed by atoms with Crippen LogP contribution >= 0.6 is 23.2 Å². The Morgan fingerprint density at radius 2 is 1.81 bits per heavy atom. The van der Waals surface area contributed by atoms with Crippen LogP contribution < -0.4 is 10.1 Å². The molecule has 166 valence electrons. The zero-order valence-corrected chi connectivity index (χ0v) is 17.8. The van der Waals surface area contributed by atoms with Crippen LogP contribution in [-0.2, 0) is 32.1 Å². The Labute approximate surface area is 188 Å². The summed E-state index contributed by atoms with van der Waals surface area (Å²) in [6.45, 7) is -0.361. The number of carboxylic acids is 1. The van der Waals surface area contributed by atoms with Crippen molar-refractivity contribution in [3.05, 3.63) is 63.6 Å². The summed E-state index contributed by atoms with van der Waals surface area (Å²) in [5.41, 5.74) is 1.35. The van der Waals surface area contributed by atoms with Gasteiger partial charge in [-0.1, -0.05) is 41.4 Å². The highest BCUT2D eigenvalue weighted by atomic mass is 35.5. The van der Waals surface area contributed by atoms with E-state index in [1.165, 1.54) is 0 Å². The number of carboxylic acid groups (broad SMARTS) is 1. The number of nitrogens with one attached hydrogen (secondary N) is 1. The zero-order valence-electron chi connectivity index (χ0n) is 16.3. The van der Waals surface area contributed by atoms with Gasteiger partial charge in [-0.05, 0) is 29.8 Å². The summed E-state index contributed by atoms with van der Waals surface area (Å²) in [6, 6.07) is 10.8. The largest absolute Gasteiger partial charge is 0.489 e. The molecule has 3 unspecified atom stereocenters. The summed E-state index contributed by atoms with van der Waals surface area (Å²) >= 11 is 12.3. The van der Waals surface area contributed by atoms with Crippen LogP contribution in [0.5, 0.6) is 5.75 Å². The van der Waals surface area contributed by atoms with E-state index in [2.05, 4.69) is 5.32 Å². The highest BCUT2D eigenvalue weighted by Gasteiger charge is 2.36. The predicted molar refractivity (Wildman–Crippen MR) is 112 cm³/mol. The highest BCUT2D eigenvalue weighted by Crippen LogP contribution is 2.26. The monoisotopic (exact) mass is 469 g/mol. The molecular weight excluding hydrogens is 449 g/mol. The quantitative estimate of drug-likeness (QED) is 0.516. The fourth-order valence-corrected chi connectivity index (χ4v) is 3.53. The van der Waals surface area contributed by atoms with Crippen molar-refractivity contribution in [1.82, 2.24) is 5.32 Å². The molecule has 8 nitrogen and oxygen atoms in total. The maximum Gasteiger partial charge on any atom is 0.326 e. The lowest BCUT2D eigenvalue weighted by Gasteiger charge is -2.19. The number of aliphatic hydroxyl groups excluding tert-OH is 1. The van der Waals surface area contributed by atoms with E-state index in [0.717, 1.165) is 0 Å². The normalized spacial score (nSPS) is 19.1. The van der Waals surface area contributed by atoms with Crippen molar-refractivity contribution in [3.63, 3.8) is 0 Å². The van der Waals surface area contributed by atoms with Gasteiger partial charge in [-0.25, -0.2) is 4.79 Å². The number of aliphatic carboxylic acids is 1. The lowest BCUT2D eigenvalue weighted by molar-refractivity contribution is -0.143. The smallest absolute Gasteiger partial charge is 0.326 e. The highest BCUT2D eigenvalue weighted by molar-refractivity contribution is 6.35. The molecule has 0 radical (unpaired) electrons. The number of carbonyl (C=O) groups excluding carboxylic acids is 1. The van der Waals surface area contributed by atoms with Crippen LogP contribution in [0.25, 0.3) is 0 Å². The molecule has 3 atom stereocenters. The third-order valence-electron chi connectivity index (χ3n) is 4.73. The van der Waals surface area contributed by atoms with E-state index in [9.17, 15) is 19.8 Å². The molecule has 0 aliphatic carbocycles. The summed E-state index contributed by atoms with van der Waals surface area (Å²) in [6.07, 6.45) is -1.83. The minimum absolute atomic E-state index is 0.0507. The number of amides is 1. The van der Waals surface area contributed by atoms with E-state index in [4.69, 9.17) is 37.4 Å². The summed E-state index contributed by atoms with van der Waals surface area (Å²) < 4.78 is 15.9. The first kappa shape index (κ1) is 23.3. The molecule has 1 amide bonds. The fourth-order valence-electron chi connectivity index (χ4n) is 3.02. The van der Waals surface area contributed by atoms with Gasteiger partial charge < -0.3 is 29.7 Å². The van der Waals surface area contributed by atoms with Crippen molar-refractivity contribution < 1.29 is 34.0 Å². The lowest BCUT2D eigenvalue weighted by Crippen LogP contribution is -2.49.